The first kappa shape index (κ1) is 15.3. The van der Waals surface area contributed by atoms with E-state index in [9.17, 15) is 0 Å². The maximum absolute atomic E-state index is 5.28. The SMILES string of the molecule is COCCN(CC1CCC(C)CC1)CC1CCCN1. The van der Waals surface area contributed by atoms with Crippen LogP contribution in [0.4, 0.5) is 0 Å². The summed E-state index contributed by atoms with van der Waals surface area (Å²) in [6.07, 6.45) is 8.44. The minimum Gasteiger partial charge on any atom is -0.383 e. The van der Waals surface area contributed by atoms with Gasteiger partial charge in [0.25, 0.3) is 0 Å². The topological polar surface area (TPSA) is 24.5 Å². The van der Waals surface area contributed by atoms with Gasteiger partial charge >= 0.3 is 0 Å². The zero-order valence-corrected chi connectivity index (χ0v) is 12.9. The van der Waals surface area contributed by atoms with Crippen molar-refractivity contribution in [3.05, 3.63) is 0 Å². The lowest BCUT2D eigenvalue weighted by Crippen LogP contribution is -2.42. The molecule has 3 heteroatoms. The average molecular weight is 268 g/mol. The molecule has 3 nitrogen and oxygen atoms in total. The molecule has 0 bridgehead atoms. The molecule has 0 aromatic rings. The Morgan fingerprint density at radius 1 is 1.11 bits per heavy atom. The highest BCUT2D eigenvalue weighted by Crippen LogP contribution is 2.28. The van der Waals surface area contributed by atoms with Gasteiger partial charge in [-0.3, -0.25) is 4.90 Å². The van der Waals surface area contributed by atoms with Gasteiger partial charge in [-0.25, -0.2) is 0 Å². The third-order valence-electron chi connectivity index (χ3n) is 4.90. The highest BCUT2D eigenvalue weighted by atomic mass is 16.5. The van der Waals surface area contributed by atoms with E-state index in [0.29, 0.717) is 0 Å². The quantitative estimate of drug-likeness (QED) is 0.768. The molecule has 1 saturated carbocycles. The highest BCUT2D eigenvalue weighted by Gasteiger charge is 2.23. The zero-order valence-electron chi connectivity index (χ0n) is 12.9. The van der Waals surface area contributed by atoms with Crippen molar-refractivity contribution in [2.24, 2.45) is 11.8 Å². The number of rotatable bonds is 7. The van der Waals surface area contributed by atoms with Crippen LogP contribution in [0.25, 0.3) is 0 Å². The number of hydrogen-bond donors (Lipinski definition) is 1. The molecule has 1 saturated heterocycles. The molecule has 1 unspecified atom stereocenters. The molecule has 0 aromatic carbocycles. The fraction of sp³-hybridized carbons (Fsp3) is 1.00. The molecular weight excluding hydrogens is 236 g/mol. The second-order valence-electron chi connectivity index (χ2n) is 6.67. The lowest BCUT2D eigenvalue weighted by Gasteiger charge is -2.33. The van der Waals surface area contributed by atoms with Crippen LogP contribution in [0, 0.1) is 11.8 Å². The molecule has 1 heterocycles. The summed E-state index contributed by atoms with van der Waals surface area (Å²) in [6, 6.07) is 0.722. The fourth-order valence-corrected chi connectivity index (χ4v) is 3.58. The lowest BCUT2D eigenvalue weighted by molar-refractivity contribution is 0.119. The Hall–Kier alpha value is -0.120. The van der Waals surface area contributed by atoms with Gasteiger partial charge in [0.05, 0.1) is 6.61 Å². The van der Waals surface area contributed by atoms with Crippen molar-refractivity contribution >= 4 is 0 Å². The number of hydrogen-bond acceptors (Lipinski definition) is 3. The predicted octanol–water partition coefficient (Wildman–Crippen LogP) is 2.51. The van der Waals surface area contributed by atoms with E-state index in [4.69, 9.17) is 4.74 Å². The standard InChI is InChI=1S/C16H32N2O/c1-14-5-7-15(8-6-14)12-18(10-11-19-2)13-16-4-3-9-17-16/h14-17H,3-13H2,1-2H3. The van der Waals surface area contributed by atoms with Crippen molar-refractivity contribution in [1.29, 1.82) is 0 Å². The molecule has 0 amide bonds. The molecule has 2 rings (SSSR count). The molecule has 1 aliphatic heterocycles. The van der Waals surface area contributed by atoms with E-state index in [0.717, 1.165) is 31.0 Å². The normalized spacial score (nSPS) is 32.1. The molecule has 0 radical (unpaired) electrons. The largest absolute Gasteiger partial charge is 0.383 e. The van der Waals surface area contributed by atoms with Crippen molar-refractivity contribution < 1.29 is 4.74 Å². The van der Waals surface area contributed by atoms with Gasteiger partial charge in [-0.15, -0.1) is 0 Å². The van der Waals surface area contributed by atoms with Crippen molar-refractivity contribution in [3.63, 3.8) is 0 Å². The molecule has 2 fully saturated rings. The van der Waals surface area contributed by atoms with E-state index in [1.165, 1.54) is 58.2 Å². The van der Waals surface area contributed by atoms with Gasteiger partial charge in [-0.05, 0) is 44.1 Å². The number of nitrogens with one attached hydrogen (secondary N) is 1. The third kappa shape index (κ3) is 5.41. The van der Waals surface area contributed by atoms with Crippen molar-refractivity contribution in [2.75, 3.05) is 39.9 Å². The van der Waals surface area contributed by atoms with Gasteiger partial charge < -0.3 is 10.1 Å². The summed E-state index contributed by atoms with van der Waals surface area (Å²) < 4.78 is 5.28. The molecule has 112 valence electrons. The first-order chi connectivity index (χ1) is 9.28. The fourth-order valence-electron chi connectivity index (χ4n) is 3.58. The van der Waals surface area contributed by atoms with Crippen molar-refractivity contribution in [2.45, 2.75) is 51.5 Å². The van der Waals surface area contributed by atoms with Crippen LogP contribution in [0.3, 0.4) is 0 Å². The molecular formula is C16H32N2O. The Kier molecular flexibility index (Phi) is 6.62. The smallest absolute Gasteiger partial charge is 0.0589 e. The molecule has 2 aliphatic rings. The zero-order chi connectivity index (χ0) is 13.5. The van der Waals surface area contributed by atoms with Crippen LogP contribution in [0.2, 0.25) is 0 Å². The number of methoxy groups -OCH3 is 1. The van der Waals surface area contributed by atoms with Crippen LogP contribution in [0.5, 0.6) is 0 Å². The Labute approximate surface area is 119 Å². The van der Waals surface area contributed by atoms with Gasteiger partial charge in [-0.1, -0.05) is 19.8 Å². The van der Waals surface area contributed by atoms with Crippen molar-refractivity contribution in [3.8, 4) is 0 Å². The van der Waals surface area contributed by atoms with Gasteiger partial charge in [0.15, 0.2) is 0 Å². The van der Waals surface area contributed by atoms with Gasteiger partial charge in [0.2, 0.25) is 0 Å². The van der Waals surface area contributed by atoms with Crippen LogP contribution >= 0.6 is 0 Å². The van der Waals surface area contributed by atoms with E-state index in [1.807, 2.05) is 7.11 Å². The maximum atomic E-state index is 5.28. The predicted molar refractivity (Wildman–Crippen MR) is 80.5 cm³/mol. The Balaban J connectivity index is 1.75. The summed E-state index contributed by atoms with van der Waals surface area (Å²) in [5, 5.41) is 3.63. The minimum absolute atomic E-state index is 0.722. The summed E-state index contributed by atoms with van der Waals surface area (Å²) >= 11 is 0. The van der Waals surface area contributed by atoms with Crippen LogP contribution in [0.15, 0.2) is 0 Å². The summed E-state index contributed by atoms with van der Waals surface area (Å²) in [4.78, 5) is 2.65. The van der Waals surface area contributed by atoms with E-state index in [1.54, 1.807) is 0 Å². The van der Waals surface area contributed by atoms with Gasteiger partial charge in [0.1, 0.15) is 0 Å². The van der Waals surface area contributed by atoms with E-state index in [2.05, 4.69) is 17.1 Å². The molecule has 19 heavy (non-hydrogen) atoms. The molecule has 1 N–H and O–H groups in total. The van der Waals surface area contributed by atoms with E-state index in [-0.39, 0.29) is 0 Å². The molecule has 1 aliphatic carbocycles. The number of nitrogens with zero attached hydrogens (tertiary/aromatic N) is 1. The number of ether oxygens (including phenoxy) is 1. The Morgan fingerprint density at radius 3 is 2.53 bits per heavy atom. The second-order valence-corrected chi connectivity index (χ2v) is 6.67. The Morgan fingerprint density at radius 2 is 1.89 bits per heavy atom. The monoisotopic (exact) mass is 268 g/mol. The molecule has 0 aromatic heterocycles. The van der Waals surface area contributed by atoms with Crippen LogP contribution in [-0.2, 0) is 4.74 Å². The first-order valence-electron chi connectivity index (χ1n) is 8.22. The average Bonchev–Trinajstić information content (AvgIpc) is 2.91. The van der Waals surface area contributed by atoms with Crippen molar-refractivity contribution in [1.82, 2.24) is 10.2 Å². The van der Waals surface area contributed by atoms with Gasteiger partial charge in [0, 0.05) is 32.8 Å². The second kappa shape index (κ2) is 8.23. The van der Waals surface area contributed by atoms with Crippen LogP contribution < -0.4 is 5.32 Å². The minimum atomic E-state index is 0.722. The maximum Gasteiger partial charge on any atom is 0.0589 e. The highest BCUT2D eigenvalue weighted by molar-refractivity contribution is 4.80. The van der Waals surface area contributed by atoms with Gasteiger partial charge in [-0.2, -0.15) is 0 Å². The van der Waals surface area contributed by atoms with Crippen LogP contribution in [0.1, 0.15) is 45.4 Å². The summed E-state index contributed by atoms with van der Waals surface area (Å²) in [5.41, 5.74) is 0. The molecule has 1 atom stereocenters. The first-order valence-corrected chi connectivity index (χ1v) is 8.22. The summed E-state index contributed by atoms with van der Waals surface area (Å²) in [5.74, 6) is 1.88. The summed E-state index contributed by atoms with van der Waals surface area (Å²) in [7, 11) is 1.81. The molecule has 0 spiro atoms. The third-order valence-corrected chi connectivity index (χ3v) is 4.90. The van der Waals surface area contributed by atoms with E-state index < -0.39 is 0 Å². The summed E-state index contributed by atoms with van der Waals surface area (Å²) in [6.45, 7) is 8.09. The van der Waals surface area contributed by atoms with Crippen LogP contribution in [-0.4, -0.2) is 50.8 Å². The Bertz CT molecular complexity index is 233. The van der Waals surface area contributed by atoms with E-state index >= 15 is 0 Å². The lowest BCUT2D eigenvalue weighted by atomic mass is 9.83.